The van der Waals surface area contributed by atoms with Crippen LogP contribution in [0.5, 0.6) is 0 Å². The molecule has 4 heterocycles. The van der Waals surface area contributed by atoms with Gasteiger partial charge in [0.25, 0.3) is 0 Å². The molecule has 2 aliphatic carbocycles. The lowest BCUT2D eigenvalue weighted by Gasteiger charge is -2.64. The molecule has 6 aliphatic rings. The molecule has 10 heteroatoms. The minimum absolute atomic E-state index is 0.0656. The third kappa shape index (κ3) is 6.60. The summed E-state index contributed by atoms with van der Waals surface area (Å²) in [7, 11) is 2.21. The Labute approximate surface area is 291 Å². The fraction of sp³-hybridized carbons (Fsp3) is 0.737. The summed E-state index contributed by atoms with van der Waals surface area (Å²) in [4.78, 5) is 19.9. The van der Waals surface area contributed by atoms with E-state index in [9.17, 15) is 14.4 Å². The fourth-order valence-corrected chi connectivity index (χ4v) is 12.0. The van der Waals surface area contributed by atoms with Gasteiger partial charge in [-0.2, -0.15) is 5.26 Å². The van der Waals surface area contributed by atoms with Gasteiger partial charge >= 0.3 is 0 Å². The van der Waals surface area contributed by atoms with Crippen LogP contribution in [-0.2, 0) is 21.7 Å². The van der Waals surface area contributed by atoms with Crippen LogP contribution in [-0.4, -0.2) is 95.3 Å². The molecule has 3 saturated heterocycles. The first-order chi connectivity index (χ1) is 23.4. The Bertz CT molecular complexity index is 1370. The molecule has 6 unspecified atom stereocenters. The van der Waals surface area contributed by atoms with Crippen molar-refractivity contribution in [3.05, 3.63) is 47.8 Å². The molecule has 8 nitrogen and oxygen atoms in total. The topological polar surface area (TPSA) is 83.9 Å². The SMILES string of the molecule is C=CC(=O)N1CCN(C2(C3CCCCCC3)NC(OCC3CCCN3C)NC3C[C@@]4(CCC32)Cc2cccc(F)c2CS4)CC1CC#N. The number of hydrogen-bond donors (Lipinski definition) is 2. The van der Waals surface area contributed by atoms with E-state index >= 15 is 0 Å². The van der Waals surface area contributed by atoms with Gasteiger partial charge in [0.05, 0.1) is 30.8 Å². The minimum Gasteiger partial charge on any atom is -0.348 e. The smallest absolute Gasteiger partial charge is 0.246 e. The van der Waals surface area contributed by atoms with Crippen LogP contribution < -0.4 is 10.6 Å². The van der Waals surface area contributed by atoms with E-state index in [0.717, 1.165) is 56.5 Å². The minimum atomic E-state index is -0.311. The Balaban J connectivity index is 1.24. The number of carbonyl (C=O) groups is 1. The van der Waals surface area contributed by atoms with Gasteiger partial charge in [-0.3, -0.25) is 20.3 Å². The molecular weight excluding hydrogens is 624 g/mol. The number of nitriles is 1. The van der Waals surface area contributed by atoms with Crippen molar-refractivity contribution in [2.45, 2.75) is 124 Å². The first-order valence-electron chi connectivity index (χ1n) is 18.7. The number of hydrogen-bond acceptors (Lipinski definition) is 8. The largest absolute Gasteiger partial charge is 0.348 e. The van der Waals surface area contributed by atoms with Gasteiger partial charge < -0.3 is 14.5 Å². The van der Waals surface area contributed by atoms with Gasteiger partial charge in [0, 0.05) is 53.7 Å². The van der Waals surface area contributed by atoms with Crippen LogP contribution in [0.4, 0.5) is 4.39 Å². The summed E-state index contributed by atoms with van der Waals surface area (Å²) in [6, 6.07) is 8.50. The lowest BCUT2D eigenvalue weighted by Crippen LogP contribution is -2.81. The number of likely N-dealkylation sites (N-methyl/N-ethyl adjacent to an activating group) is 1. The van der Waals surface area contributed by atoms with Crippen LogP contribution in [0.3, 0.4) is 0 Å². The maximum Gasteiger partial charge on any atom is 0.246 e. The van der Waals surface area contributed by atoms with E-state index in [-0.39, 0.29) is 40.6 Å². The van der Waals surface area contributed by atoms with Crippen LogP contribution in [0.25, 0.3) is 0 Å². The fourth-order valence-electron chi connectivity index (χ4n) is 10.5. The van der Waals surface area contributed by atoms with Crippen molar-refractivity contribution in [1.82, 2.24) is 25.3 Å². The number of nitrogens with one attached hydrogen (secondary N) is 2. The lowest BCUT2D eigenvalue weighted by atomic mass is 9.63. The maximum atomic E-state index is 14.8. The van der Waals surface area contributed by atoms with Crippen molar-refractivity contribution in [2.24, 2.45) is 11.8 Å². The number of nitrogens with zero attached hydrogens (tertiary/aromatic N) is 4. The van der Waals surface area contributed by atoms with E-state index in [1.165, 1.54) is 56.6 Å². The summed E-state index contributed by atoms with van der Waals surface area (Å²) in [6.07, 6.45) is 15.3. The molecule has 0 bridgehead atoms. The molecule has 2 N–H and O–H groups in total. The summed E-state index contributed by atoms with van der Waals surface area (Å²) in [5, 5.41) is 18.1. The molecular formula is C38H55FN6O2S. The zero-order chi connectivity index (χ0) is 33.3. The molecule has 1 aromatic carbocycles. The third-order valence-corrected chi connectivity index (χ3v) is 14.5. The highest BCUT2D eigenvalue weighted by molar-refractivity contribution is 8.00. The molecule has 1 aromatic rings. The summed E-state index contributed by atoms with van der Waals surface area (Å²) >= 11 is 1.97. The molecule has 5 fully saturated rings. The van der Waals surface area contributed by atoms with Crippen LogP contribution in [0, 0.1) is 29.0 Å². The quantitative estimate of drug-likeness (QED) is 0.294. The standard InChI is InChI=1S/C38H55FN6O2S/c1-3-35(46)45-21-20-44(24-29(45)16-18-40)38(28-11-6-4-5-7-12-28)32-15-17-37(22-27-10-8-14-33(39)31(27)26-48-37)23-34(32)41-36(42-38)47-25-30-13-9-19-43(30)2/h3,8,10,14,28-30,32,34,36,41-42H,1,4-7,9,11-13,15-17,19-26H2,2H3/t29?,30?,32?,34?,36?,37-,38?/m1/s1. The van der Waals surface area contributed by atoms with Crippen molar-refractivity contribution < 1.29 is 13.9 Å². The number of thioether (sulfide) groups is 1. The predicted molar refractivity (Wildman–Crippen MR) is 188 cm³/mol. The van der Waals surface area contributed by atoms with Crippen LogP contribution in [0.15, 0.2) is 30.9 Å². The highest BCUT2D eigenvalue weighted by Crippen LogP contribution is 2.54. The highest BCUT2D eigenvalue weighted by atomic mass is 32.2. The van der Waals surface area contributed by atoms with Gasteiger partial charge in [-0.05, 0) is 88.6 Å². The Morgan fingerprint density at radius 1 is 1.15 bits per heavy atom. The van der Waals surface area contributed by atoms with E-state index in [4.69, 9.17) is 4.74 Å². The zero-order valence-corrected chi connectivity index (χ0v) is 29.6. The Kier molecular flexibility index (Phi) is 10.5. The van der Waals surface area contributed by atoms with Crippen molar-refractivity contribution in [3.63, 3.8) is 0 Å². The average molecular weight is 679 g/mol. The summed E-state index contributed by atoms with van der Waals surface area (Å²) < 4.78 is 21.8. The lowest BCUT2D eigenvalue weighted by molar-refractivity contribution is -0.180. The number of halogens is 1. The number of likely N-dealkylation sites (tertiary alicyclic amines) is 1. The van der Waals surface area contributed by atoms with E-state index in [1.807, 2.05) is 22.7 Å². The highest BCUT2D eigenvalue weighted by Gasteiger charge is 2.60. The summed E-state index contributed by atoms with van der Waals surface area (Å²) in [5.41, 5.74) is 1.75. The zero-order valence-electron chi connectivity index (χ0n) is 28.8. The molecule has 0 radical (unpaired) electrons. The molecule has 48 heavy (non-hydrogen) atoms. The van der Waals surface area contributed by atoms with E-state index in [0.29, 0.717) is 44.0 Å². The molecule has 2 saturated carbocycles. The van der Waals surface area contributed by atoms with Crippen LogP contribution in [0.1, 0.15) is 88.2 Å². The van der Waals surface area contributed by atoms with Gasteiger partial charge in [-0.1, -0.05) is 44.4 Å². The second kappa shape index (κ2) is 14.7. The monoisotopic (exact) mass is 678 g/mol. The molecule has 0 aromatic heterocycles. The number of amides is 1. The van der Waals surface area contributed by atoms with Gasteiger partial charge in [-0.25, -0.2) is 4.39 Å². The van der Waals surface area contributed by atoms with Crippen LogP contribution in [0.2, 0.25) is 0 Å². The molecule has 7 rings (SSSR count). The van der Waals surface area contributed by atoms with E-state index < -0.39 is 0 Å². The molecule has 262 valence electrons. The van der Waals surface area contributed by atoms with Crippen LogP contribution >= 0.6 is 11.8 Å². The van der Waals surface area contributed by atoms with Crippen molar-refractivity contribution in [1.29, 1.82) is 5.26 Å². The van der Waals surface area contributed by atoms with Gasteiger partial charge in [0.2, 0.25) is 5.91 Å². The van der Waals surface area contributed by atoms with Crippen molar-refractivity contribution in [2.75, 3.05) is 39.8 Å². The van der Waals surface area contributed by atoms with Gasteiger partial charge in [-0.15, -0.1) is 11.8 Å². The second-order valence-corrected chi connectivity index (χ2v) is 16.9. The number of benzene rings is 1. The Hall–Kier alpha value is -2.00. The summed E-state index contributed by atoms with van der Waals surface area (Å²) in [6.45, 7) is 7.60. The van der Waals surface area contributed by atoms with Gasteiger partial charge in [0.15, 0.2) is 6.35 Å². The van der Waals surface area contributed by atoms with E-state index in [2.05, 4.69) is 46.2 Å². The normalized spacial score (nSPS) is 36.6. The first kappa shape index (κ1) is 34.4. The number of fused-ring (bicyclic) bond motifs is 2. The molecule has 7 atom stereocenters. The number of carbonyl (C=O) groups excluding carboxylic acids is 1. The second-order valence-electron chi connectivity index (χ2n) is 15.5. The maximum absolute atomic E-state index is 14.8. The molecule has 1 spiro atoms. The van der Waals surface area contributed by atoms with E-state index in [1.54, 1.807) is 6.07 Å². The third-order valence-electron chi connectivity index (χ3n) is 12.9. The van der Waals surface area contributed by atoms with Gasteiger partial charge in [0.1, 0.15) is 5.82 Å². The number of ether oxygens (including phenoxy) is 1. The number of piperazine rings is 1. The molecule has 4 aliphatic heterocycles. The van der Waals surface area contributed by atoms with Crippen molar-refractivity contribution in [3.8, 4) is 6.07 Å². The number of rotatable bonds is 7. The predicted octanol–water partition coefficient (Wildman–Crippen LogP) is 5.39. The summed E-state index contributed by atoms with van der Waals surface area (Å²) in [5.74, 6) is 1.37. The first-order valence-corrected chi connectivity index (χ1v) is 19.7. The molecule has 1 amide bonds. The Morgan fingerprint density at radius 3 is 2.73 bits per heavy atom. The van der Waals surface area contributed by atoms with Crippen molar-refractivity contribution >= 4 is 17.7 Å². The average Bonchev–Trinajstić information content (AvgIpc) is 3.31. The Morgan fingerprint density at radius 2 is 1.98 bits per heavy atom.